The first-order valence-electron chi connectivity index (χ1n) is 7.06. The van der Waals surface area contributed by atoms with E-state index in [0.29, 0.717) is 23.3 Å². The van der Waals surface area contributed by atoms with Crippen molar-refractivity contribution in [2.45, 2.75) is 13.5 Å². The van der Waals surface area contributed by atoms with Crippen LogP contribution in [0.25, 0.3) is 0 Å². The third-order valence-corrected chi connectivity index (χ3v) is 3.45. The van der Waals surface area contributed by atoms with Crippen molar-refractivity contribution in [3.8, 4) is 0 Å². The quantitative estimate of drug-likeness (QED) is 0.746. The number of nitrogens with zero attached hydrogens (tertiary/aromatic N) is 4. The van der Waals surface area contributed by atoms with Gasteiger partial charge in [0.15, 0.2) is 5.82 Å². The first-order valence-corrected chi connectivity index (χ1v) is 7.44. The van der Waals surface area contributed by atoms with Gasteiger partial charge in [0.05, 0.1) is 6.20 Å². The highest BCUT2D eigenvalue weighted by Crippen LogP contribution is 2.22. The molecule has 0 saturated heterocycles. The summed E-state index contributed by atoms with van der Waals surface area (Å²) in [6.07, 6.45) is 5.10. The minimum absolute atomic E-state index is 0.426. The average Bonchev–Trinajstić information content (AvgIpc) is 2.57. The van der Waals surface area contributed by atoms with E-state index < -0.39 is 0 Å². The lowest BCUT2D eigenvalue weighted by Gasteiger charge is -2.09. The second-order valence-electron chi connectivity index (χ2n) is 4.96. The van der Waals surface area contributed by atoms with Crippen LogP contribution in [-0.4, -0.2) is 20.2 Å². The van der Waals surface area contributed by atoms with Crippen LogP contribution < -0.4 is 10.6 Å². The Kier molecular flexibility index (Phi) is 4.63. The number of hydrogen-bond acceptors (Lipinski definition) is 6. The van der Waals surface area contributed by atoms with Gasteiger partial charge in [-0.25, -0.2) is 0 Å². The summed E-state index contributed by atoms with van der Waals surface area (Å²) in [7, 11) is 0. The van der Waals surface area contributed by atoms with E-state index in [9.17, 15) is 0 Å². The van der Waals surface area contributed by atoms with E-state index in [4.69, 9.17) is 11.6 Å². The molecule has 0 radical (unpaired) electrons. The molecule has 0 aliphatic rings. The summed E-state index contributed by atoms with van der Waals surface area (Å²) >= 11 is 5.96. The fourth-order valence-corrected chi connectivity index (χ4v) is 2.25. The Labute approximate surface area is 139 Å². The van der Waals surface area contributed by atoms with Gasteiger partial charge in [-0.15, -0.1) is 5.10 Å². The maximum Gasteiger partial charge on any atom is 0.249 e. The predicted octanol–water partition coefficient (Wildman–Crippen LogP) is 3.58. The van der Waals surface area contributed by atoms with Gasteiger partial charge < -0.3 is 10.6 Å². The highest BCUT2D eigenvalue weighted by molar-refractivity contribution is 6.30. The highest BCUT2D eigenvalue weighted by atomic mass is 35.5. The van der Waals surface area contributed by atoms with E-state index in [1.807, 2.05) is 37.3 Å². The van der Waals surface area contributed by atoms with Crippen molar-refractivity contribution in [2.75, 3.05) is 10.6 Å². The molecule has 0 aliphatic heterocycles. The molecule has 0 saturated carbocycles. The second-order valence-corrected chi connectivity index (χ2v) is 5.39. The number of nitrogens with one attached hydrogen (secondary N) is 2. The molecule has 0 amide bonds. The molecule has 116 valence electrons. The molecule has 2 heterocycles. The van der Waals surface area contributed by atoms with Crippen molar-refractivity contribution in [1.29, 1.82) is 0 Å². The van der Waals surface area contributed by atoms with E-state index in [-0.39, 0.29) is 0 Å². The largest absolute Gasteiger partial charge is 0.365 e. The molecule has 7 heteroatoms. The van der Waals surface area contributed by atoms with Gasteiger partial charge in [-0.3, -0.25) is 4.98 Å². The summed E-state index contributed by atoms with van der Waals surface area (Å²) in [6.45, 7) is 2.60. The van der Waals surface area contributed by atoms with Gasteiger partial charge in [0.2, 0.25) is 5.95 Å². The molecule has 3 rings (SSSR count). The number of pyridine rings is 1. The van der Waals surface area contributed by atoms with Crippen LogP contribution in [0.5, 0.6) is 0 Å². The number of benzene rings is 1. The standard InChI is InChI=1S/C16H15ClN6/c1-11-8-13(17)2-3-14(11)21-16-22-15(10-20-23-16)19-9-12-4-6-18-7-5-12/h2-8,10H,9H2,1H3,(H2,19,21,22,23). The zero-order valence-electron chi connectivity index (χ0n) is 12.5. The zero-order chi connectivity index (χ0) is 16.1. The van der Waals surface area contributed by atoms with Crippen LogP contribution in [0.4, 0.5) is 17.5 Å². The van der Waals surface area contributed by atoms with Gasteiger partial charge in [0.25, 0.3) is 0 Å². The van der Waals surface area contributed by atoms with Gasteiger partial charge in [0.1, 0.15) is 0 Å². The van der Waals surface area contributed by atoms with Crippen LogP contribution in [0.2, 0.25) is 5.02 Å². The summed E-state index contributed by atoms with van der Waals surface area (Å²) < 4.78 is 0. The average molecular weight is 327 g/mol. The van der Waals surface area contributed by atoms with Crippen molar-refractivity contribution >= 4 is 29.1 Å². The monoisotopic (exact) mass is 326 g/mol. The summed E-state index contributed by atoms with van der Waals surface area (Å²) in [5, 5.41) is 15.0. The molecule has 6 nitrogen and oxygen atoms in total. The third-order valence-electron chi connectivity index (χ3n) is 3.22. The van der Waals surface area contributed by atoms with Crippen LogP contribution in [0.15, 0.2) is 48.9 Å². The van der Waals surface area contributed by atoms with E-state index in [2.05, 4.69) is 30.8 Å². The minimum atomic E-state index is 0.426. The predicted molar refractivity (Wildman–Crippen MR) is 90.9 cm³/mol. The normalized spacial score (nSPS) is 10.3. The second kappa shape index (κ2) is 7.02. The van der Waals surface area contributed by atoms with Gasteiger partial charge in [-0.05, 0) is 48.4 Å². The lowest BCUT2D eigenvalue weighted by Crippen LogP contribution is -2.06. The first-order chi connectivity index (χ1) is 11.2. The molecule has 0 fully saturated rings. The molecule has 0 spiro atoms. The van der Waals surface area contributed by atoms with Crippen molar-refractivity contribution in [3.63, 3.8) is 0 Å². The molecule has 0 aliphatic carbocycles. The lowest BCUT2D eigenvalue weighted by atomic mass is 10.2. The highest BCUT2D eigenvalue weighted by Gasteiger charge is 2.04. The Balaban J connectivity index is 1.69. The molecule has 2 aromatic heterocycles. The first kappa shape index (κ1) is 15.2. The Morgan fingerprint density at radius 1 is 1.13 bits per heavy atom. The Morgan fingerprint density at radius 3 is 2.74 bits per heavy atom. The Hall–Kier alpha value is -2.73. The van der Waals surface area contributed by atoms with Crippen molar-refractivity contribution in [1.82, 2.24) is 20.2 Å². The number of anilines is 3. The van der Waals surface area contributed by atoms with Crippen LogP contribution in [0, 0.1) is 6.92 Å². The molecule has 0 atom stereocenters. The van der Waals surface area contributed by atoms with Gasteiger partial charge >= 0.3 is 0 Å². The van der Waals surface area contributed by atoms with Crippen molar-refractivity contribution < 1.29 is 0 Å². The van der Waals surface area contributed by atoms with Gasteiger partial charge in [0, 0.05) is 29.6 Å². The van der Waals surface area contributed by atoms with Crippen LogP contribution in [-0.2, 0) is 6.54 Å². The SMILES string of the molecule is Cc1cc(Cl)ccc1Nc1nncc(NCc2ccncc2)n1. The van der Waals surface area contributed by atoms with Crippen LogP contribution in [0.3, 0.4) is 0 Å². The molecule has 1 aromatic carbocycles. The van der Waals surface area contributed by atoms with E-state index in [1.54, 1.807) is 18.6 Å². The Morgan fingerprint density at radius 2 is 1.96 bits per heavy atom. The van der Waals surface area contributed by atoms with Gasteiger partial charge in [-0.2, -0.15) is 10.1 Å². The number of hydrogen-bond donors (Lipinski definition) is 2. The summed E-state index contributed by atoms with van der Waals surface area (Å²) in [5.74, 6) is 1.07. The zero-order valence-corrected chi connectivity index (χ0v) is 13.2. The fraction of sp³-hybridized carbons (Fsp3) is 0.125. The summed E-state index contributed by atoms with van der Waals surface area (Å²) in [5.41, 5.74) is 3.01. The lowest BCUT2D eigenvalue weighted by molar-refractivity contribution is 0.964. The Bertz CT molecular complexity index is 794. The number of rotatable bonds is 5. The van der Waals surface area contributed by atoms with Crippen LogP contribution >= 0.6 is 11.6 Å². The van der Waals surface area contributed by atoms with Crippen molar-refractivity contribution in [3.05, 3.63) is 65.1 Å². The van der Waals surface area contributed by atoms with Crippen LogP contribution in [0.1, 0.15) is 11.1 Å². The number of aromatic nitrogens is 4. The fourth-order valence-electron chi connectivity index (χ4n) is 2.02. The molecular weight excluding hydrogens is 312 g/mol. The minimum Gasteiger partial charge on any atom is -0.365 e. The molecule has 0 bridgehead atoms. The maximum atomic E-state index is 5.96. The molecular formula is C16H15ClN6. The van der Waals surface area contributed by atoms with Gasteiger partial charge in [-0.1, -0.05) is 11.6 Å². The number of aryl methyl sites for hydroxylation is 1. The number of halogens is 1. The maximum absolute atomic E-state index is 5.96. The topological polar surface area (TPSA) is 75.6 Å². The molecule has 3 aromatic rings. The van der Waals surface area contributed by atoms with E-state index in [1.165, 1.54) is 0 Å². The van der Waals surface area contributed by atoms with E-state index in [0.717, 1.165) is 16.8 Å². The molecule has 2 N–H and O–H groups in total. The summed E-state index contributed by atoms with van der Waals surface area (Å²) in [4.78, 5) is 8.39. The molecule has 23 heavy (non-hydrogen) atoms. The van der Waals surface area contributed by atoms with Crippen molar-refractivity contribution in [2.24, 2.45) is 0 Å². The van der Waals surface area contributed by atoms with E-state index >= 15 is 0 Å². The third kappa shape index (κ3) is 4.14. The molecule has 0 unspecified atom stereocenters. The smallest absolute Gasteiger partial charge is 0.249 e. The summed E-state index contributed by atoms with van der Waals surface area (Å²) in [6, 6.07) is 9.46.